The molecular formula is C20H29NO2. The summed E-state index contributed by atoms with van der Waals surface area (Å²) in [6.07, 6.45) is 2.16. The fraction of sp³-hybridized carbons (Fsp3) is 0.500. The lowest BCUT2D eigenvalue weighted by Gasteiger charge is -2.16. The van der Waals surface area contributed by atoms with Crippen LogP contribution in [0.15, 0.2) is 24.3 Å². The number of phenols is 1. The van der Waals surface area contributed by atoms with Gasteiger partial charge < -0.3 is 14.7 Å². The Morgan fingerprint density at radius 2 is 1.87 bits per heavy atom. The molecule has 3 nitrogen and oxygen atoms in total. The van der Waals surface area contributed by atoms with E-state index in [0.717, 1.165) is 47.0 Å². The molecular weight excluding hydrogens is 286 g/mol. The third kappa shape index (κ3) is 4.38. The minimum Gasteiger partial charge on any atom is -0.508 e. The third-order valence-electron chi connectivity index (χ3n) is 4.18. The molecule has 0 aliphatic rings. The van der Waals surface area contributed by atoms with Crippen LogP contribution in [0.3, 0.4) is 0 Å². The Kier molecular flexibility index (Phi) is 5.89. The Hall–Kier alpha value is -1.74. The van der Waals surface area contributed by atoms with Crippen LogP contribution >= 0.6 is 0 Å². The number of rotatable bonds is 7. The van der Waals surface area contributed by atoms with Crippen LogP contribution in [0, 0.1) is 6.92 Å². The van der Waals surface area contributed by atoms with Gasteiger partial charge in [-0.1, -0.05) is 26.0 Å². The van der Waals surface area contributed by atoms with Gasteiger partial charge in [0.05, 0.1) is 6.61 Å². The summed E-state index contributed by atoms with van der Waals surface area (Å²) in [5.41, 5.74) is 2.10. The van der Waals surface area contributed by atoms with Gasteiger partial charge in [-0.15, -0.1) is 0 Å². The second-order valence-electron chi connectivity index (χ2n) is 6.86. The van der Waals surface area contributed by atoms with Gasteiger partial charge in [0.25, 0.3) is 0 Å². The summed E-state index contributed by atoms with van der Waals surface area (Å²) in [6, 6.07) is 8.13. The summed E-state index contributed by atoms with van der Waals surface area (Å²) in [5.74, 6) is 1.56. The standard InChI is InChI=1S/C20H29NO2/c1-14(2)17-12-16-9-8-15(3)20(18(16)13-19(17)22)23-11-7-6-10-21(4)5/h8-9,12-14,22H,6-7,10-11H2,1-5H3. The number of aromatic hydroxyl groups is 1. The zero-order valence-electron chi connectivity index (χ0n) is 15.0. The second-order valence-corrected chi connectivity index (χ2v) is 6.86. The number of benzene rings is 2. The number of ether oxygens (including phenoxy) is 1. The first-order chi connectivity index (χ1) is 10.9. The van der Waals surface area contributed by atoms with Crippen LogP contribution in [-0.4, -0.2) is 37.3 Å². The van der Waals surface area contributed by atoms with Crippen LogP contribution in [0.5, 0.6) is 11.5 Å². The summed E-state index contributed by atoms with van der Waals surface area (Å²) in [4.78, 5) is 2.19. The molecule has 0 bridgehead atoms. The van der Waals surface area contributed by atoms with Crippen molar-refractivity contribution in [2.45, 2.75) is 39.5 Å². The lowest BCUT2D eigenvalue weighted by molar-refractivity contribution is 0.294. The first-order valence-electron chi connectivity index (χ1n) is 8.44. The van der Waals surface area contributed by atoms with Crippen molar-refractivity contribution in [2.24, 2.45) is 0 Å². The Labute approximate surface area is 139 Å². The molecule has 126 valence electrons. The molecule has 0 spiro atoms. The molecule has 2 aromatic carbocycles. The smallest absolute Gasteiger partial charge is 0.130 e. The van der Waals surface area contributed by atoms with E-state index in [1.807, 2.05) is 6.07 Å². The molecule has 23 heavy (non-hydrogen) atoms. The highest BCUT2D eigenvalue weighted by atomic mass is 16.5. The van der Waals surface area contributed by atoms with E-state index in [-0.39, 0.29) is 0 Å². The Morgan fingerprint density at radius 1 is 1.13 bits per heavy atom. The van der Waals surface area contributed by atoms with Gasteiger partial charge in [0.15, 0.2) is 0 Å². The number of hydrogen-bond acceptors (Lipinski definition) is 3. The molecule has 0 aliphatic heterocycles. The van der Waals surface area contributed by atoms with Gasteiger partial charge in [0, 0.05) is 5.39 Å². The van der Waals surface area contributed by atoms with Crippen molar-refractivity contribution in [3.05, 3.63) is 35.4 Å². The molecule has 0 saturated carbocycles. The van der Waals surface area contributed by atoms with Crippen LogP contribution in [0.2, 0.25) is 0 Å². The van der Waals surface area contributed by atoms with E-state index in [1.165, 1.54) is 0 Å². The first-order valence-corrected chi connectivity index (χ1v) is 8.44. The quantitative estimate of drug-likeness (QED) is 0.752. The van der Waals surface area contributed by atoms with Gasteiger partial charge in [-0.2, -0.15) is 0 Å². The maximum Gasteiger partial charge on any atom is 0.130 e. The summed E-state index contributed by atoms with van der Waals surface area (Å²) < 4.78 is 6.06. The lowest BCUT2D eigenvalue weighted by atomic mass is 9.96. The third-order valence-corrected chi connectivity index (χ3v) is 4.18. The van der Waals surface area contributed by atoms with Crippen molar-refractivity contribution >= 4 is 10.8 Å². The van der Waals surface area contributed by atoms with Crippen molar-refractivity contribution in [3.63, 3.8) is 0 Å². The summed E-state index contributed by atoms with van der Waals surface area (Å²) in [7, 11) is 4.18. The fourth-order valence-electron chi connectivity index (χ4n) is 2.82. The number of nitrogens with zero attached hydrogens (tertiary/aromatic N) is 1. The molecule has 0 atom stereocenters. The molecule has 0 aliphatic carbocycles. The Bertz CT molecular complexity index is 662. The molecule has 0 fully saturated rings. The van der Waals surface area contributed by atoms with Gasteiger partial charge in [0.1, 0.15) is 11.5 Å². The number of hydrogen-bond donors (Lipinski definition) is 1. The van der Waals surface area contributed by atoms with E-state index < -0.39 is 0 Å². The zero-order valence-corrected chi connectivity index (χ0v) is 15.0. The van der Waals surface area contributed by atoms with Crippen molar-refractivity contribution in [1.29, 1.82) is 0 Å². The minimum absolute atomic E-state index is 0.302. The highest BCUT2D eigenvalue weighted by Crippen LogP contribution is 2.36. The molecule has 2 aromatic rings. The molecule has 0 radical (unpaired) electrons. The van der Waals surface area contributed by atoms with Gasteiger partial charge in [-0.25, -0.2) is 0 Å². The van der Waals surface area contributed by atoms with Crippen LogP contribution < -0.4 is 4.74 Å². The average molecular weight is 315 g/mol. The lowest BCUT2D eigenvalue weighted by Crippen LogP contribution is -2.13. The monoisotopic (exact) mass is 315 g/mol. The normalized spacial score (nSPS) is 11.6. The summed E-state index contributed by atoms with van der Waals surface area (Å²) >= 11 is 0. The maximum absolute atomic E-state index is 10.3. The first kappa shape index (κ1) is 17.6. The number of fused-ring (bicyclic) bond motifs is 1. The molecule has 0 amide bonds. The summed E-state index contributed by atoms with van der Waals surface area (Å²) in [6.45, 7) is 8.04. The molecule has 0 saturated heterocycles. The van der Waals surface area contributed by atoms with Crippen LogP contribution in [0.25, 0.3) is 10.8 Å². The summed E-state index contributed by atoms with van der Waals surface area (Å²) in [5, 5.41) is 12.4. The predicted octanol–water partition coefficient (Wildman–Crippen LogP) is 4.70. The topological polar surface area (TPSA) is 32.7 Å². The molecule has 0 aromatic heterocycles. The SMILES string of the molecule is Cc1ccc2cc(C(C)C)c(O)cc2c1OCCCCN(C)C. The molecule has 0 heterocycles. The van der Waals surface area contributed by atoms with Crippen molar-refractivity contribution in [1.82, 2.24) is 4.90 Å². The van der Waals surface area contributed by atoms with Gasteiger partial charge in [-0.3, -0.25) is 0 Å². The van der Waals surface area contributed by atoms with E-state index in [2.05, 4.69) is 58.0 Å². The van der Waals surface area contributed by atoms with Crippen LogP contribution in [0.4, 0.5) is 0 Å². The maximum atomic E-state index is 10.3. The zero-order chi connectivity index (χ0) is 17.0. The molecule has 0 unspecified atom stereocenters. The van der Waals surface area contributed by atoms with Gasteiger partial charge in [-0.05, 0) is 75.0 Å². The Morgan fingerprint density at radius 3 is 2.52 bits per heavy atom. The molecule has 3 heteroatoms. The van der Waals surface area contributed by atoms with Crippen molar-refractivity contribution in [3.8, 4) is 11.5 Å². The average Bonchev–Trinajstić information content (AvgIpc) is 2.48. The minimum atomic E-state index is 0.302. The Balaban J connectivity index is 2.21. The largest absolute Gasteiger partial charge is 0.508 e. The number of phenolic OH excluding ortho intramolecular Hbond substituents is 1. The number of unbranched alkanes of at least 4 members (excludes halogenated alkanes) is 1. The second kappa shape index (κ2) is 7.69. The van der Waals surface area contributed by atoms with E-state index in [0.29, 0.717) is 18.3 Å². The van der Waals surface area contributed by atoms with Crippen LogP contribution in [-0.2, 0) is 0 Å². The van der Waals surface area contributed by atoms with Crippen LogP contribution in [0.1, 0.15) is 43.7 Å². The fourth-order valence-corrected chi connectivity index (χ4v) is 2.82. The van der Waals surface area contributed by atoms with Gasteiger partial charge >= 0.3 is 0 Å². The van der Waals surface area contributed by atoms with E-state index in [9.17, 15) is 5.11 Å². The van der Waals surface area contributed by atoms with E-state index in [1.54, 1.807) is 0 Å². The predicted molar refractivity (Wildman–Crippen MR) is 97.7 cm³/mol. The van der Waals surface area contributed by atoms with Crippen molar-refractivity contribution in [2.75, 3.05) is 27.2 Å². The van der Waals surface area contributed by atoms with E-state index >= 15 is 0 Å². The molecule has 1 N–H and O–H groups in total. The molecule has 2 rings (SSSR count). The number of aryl methyl sites for hydroxylation is 1. The van der Waals surface area contributed by atoms with Gasteiger partial charge in [0.2, 0.25) is 0 Å². The van der Waals surface area contributed by atoms with E-state index in [4.69, 9.17) is 4.74 Å². The highest BCUT2D eigenvalue weighted by molar-refractivity contribution is 5.91. The van der Waals surface area contributed by atoms with Crippen molar-refractivity contribution < 1.29 is 9.84 Å². The highest BCUT2D eigenvalue weighted by Gasteiger charge is 2.12.